The van der Waals surface area contributed by atoms with Crippen molar-refractivity contribution < 1.29 is 22.9 Å². The highest BCUT2D eigenvalue weighted by Crippen LogP contribution is 2.52. The summed E-state index contributed by atoms with van der Waals surface area (Å²) in [7, 11) is 0. The number of benzene rings is 8. The SMILES string of the molecule is [2H]c1c([2H])c([2H])c(-c2cccc(-c3c([2H])c([2H])c([2H])c([2H])c3[2H])c2N2CN(c3cc(Oc4ccc5c6ccccc6n(-c6cc(C(C)(C)C)ccn6)c5c4)c4c(c3)oc3ccccc34)c3ccccc32)c([2H])c1[2H]. The summed E-state index contributed by atoms with van der Waals surface area (Å²) in [5.74, 6) is 1.86. The minimum atomic E-state index is -0.561. The quantitative estimate of drug-likeness (QED) is 0.160. The molecule has 11 aromatic rings. The number of rotatable bonds is 7. The summed E-state index contributed by atoms with van der Waals surface area (Å²) in [6.07, 6.45) is 1.85. The van der Waals surface area contributed by atoms with Gasteiger partial charge in [0.15, 0.2) is 0 Å². The largest absolute Gasteiger partial charge is 0.456 e. The van der Waals surface area contributed by atoms with Gasteiger partial charge < -0.3 is 19.0 Å². The summed E-state index contributed by atoms with van der Waals surface area (Å²) >= 11 is 0. The molecule has 1 aliphatic rings. The minimum absolute atomic E-state index is 0.0541. The van der Waals surface area contributed by atoms with Crippen molar-refractivity contribution in [3.63, 3.8) is 0 Å². The maximum atomic E-state index is 9.12. The molecule has 8 aromatic carbocycles. The molecule has 6 heteroatoms. The van der Waals surface area contributed by atoms with Crippen LogP contribution in [-0.4, -0.2) is 16.2 Å². The van der Waals surface area contributed by atoms with Crippen molar-refractivity contribution in [2.24, 2.45) is 0 Å². The second-order valence-electron chi connectivity index (χ2n) is 16.9. The Kier molecular flexibility index (Phi) is 6.58. The van der Waals surface area contributed by atoms with Gasteiger partial charge in [0, 0.05) is 51.7 Å². The molecule has 0 unspecified atom stereocenters. The zero-order valence-corrected chi connectivity index (χ0v) is 35.1. The van der Waals surface area contributed by atoms with Crippen molar-refractivity contribution >= 4 is 66.5 Å². The normalized spacial score (nSPS) is 15.0. The number of hydrogen-bond donors (Lipinski definition) is 0. The van der Waals surface area contributed by atoms with Gasteiger partial charge in [0.05, 0.1) is 52.9 Å². The highest BCUT2D eigenvalue weighted by molar-refractivity contribution is 6.11. The van der Waals surface area contributed by atoms with Gasteiger partial charge in [-0.1, -0.05) is 148 Å². The summed E-state index contributed by atoms with van der Waals surface area (Å²) < 4.78 is 104. The third-order valence-electron chi connectivity index (χ3n) is 12.0. The lowest BCUT2D eigenvalue weighted by Crippen LogP contribution is -2.25. The molecule has 0 radical (unpaired) electrons. The van der Waals surface area contributed by atoms with Crippen LogP contribution in [0, 0.1) is 0 Å². The van der Waals surface area contributed by atoms with Gasteiger partial charge in [-0.15, -0.1) is 0 Å². The fourth-order valence-corrected chi connectivity index (χ4v) is 9.07. The van der Waals surface area contributed by atoms with E-state index in [1.54, 1.807) is 18.2 Å². The van der Waals surface area contributed by atoms with E-state index in [-0.39, 0.29) is 40.0 Å². The molecule has 1 aliphatic heterocycles. The Morgan fingerprint density at radius 2 is 1.25 bits per heavy atom. The molecule has 0 bridgehead atoms. The molecular formula is C58H44N4O2. The van der Waals surface area contributed by atoms with Crippen LogP contribution in [0.25, 0.3) is 71.8 Å². The van der Waals surface area contributed by atoms with Crippen molar-refractivity contribution in [2.45, 2.75) is 26.2 Å². The molecule has 0 saturated heterocycles. The predicted octanol–water partition coefficient (Wildman–Crippen LogP) is 15.7. The molecule has 0 fully saturated rings. The summed E-state index contributed by atoms with van der Waals surface area (Å²) in [5.41, 5.74) is 6.62. The highest BCUT2D eigenvalue weighted by atomic mass is 16.5. The molecule has 0 aliphatic carbocycles. The van der Waals surface area contributed by atoms with Gasteiger partial charge in [-0.25, -0.2) is 4.98 Å². The molecule has 0 saturated carbocycles. The first-order valence-electron chi connectivity index (χ1n) is 26.1. The van der Waals surface area contributed by atoms with Crippen molar-refractivity contribution in [1.82, 2.24) is 9.55 Å². The molecule has 0 amide bonds. The van der Waals surface area contributed by atoms with Crippen LogP contribution in [0.2, 0.25) is 0 Å². The van der Waals surface area contributed by atoms with Gasteiger partial charge in [0.25, 0.3) is 0 Å². The van der Waals surface area contributed by atoms with Gasteiger partial charge in [-0.05, 0) is 70.6 Å². The first kappa shape index (κ1) is 28.5. The second kappa shape index (κ2) is 14.8. The molecule has 0 spiro atoms. The van der Waals surface area contributed by atoms with Crippen molar-refractivity contribution in [1.29, 1.82) is 0 Å². The van der Waals surface area contributed by atoms with Gasteiger partial charge in [-0.3, -0.25) is 4.57 Å². The Hall–Kier alpha value is -8.09. The number of fused-ring (bicyclic) bond motifs is 7. The molecule has 12 rings (SSSR count). The van der Waals surface area contributed by atoms with E-state index in [2.05, 4.69) is 55.7 Å². The average molecular weight is 839 g/mol. The number of para-hydroxylation sites is 5. The summed E-state index contributed by atoms with van der Waals surface area (Å²) in [5, 5.41) is 3.71. The van der Waals surface area contributed by atoms with Crippen molar-refractivity contribution in [3.8, 4) is 39.6 Å². The zero-order chi connectivity index (χ0) is 51.6. The van der Waals surface area contributed by atoms with Crippen molar-refractivity contribution in [2.75, 3.05) is 16.5 Å². The Labute approximate surface area is 385 Å². The standard InChI is InChI=1S/C58H44N4O2/c1-58(2,3)40-31-32-59-55(33-40)62-48-25-12-10-21-45(48)46-30-29-42(36-51(46)62)63-53-34-41(35-54-56(53)47-22-11-15-28-52(47)64-54)60-37-61(50-27-14-13-26-49(50)60)57-43(38-17-6-4-7-18-38)23-16-24-44(57)39-19-8-5-9-20-39/h4-36H,37H2,1-3H3/i4D,5D,6D,7D,8D,9D,17D,18D,19D,20D. The van der Waals surface area contributed by atoms with E-state index in [4.69, 9.17) is 27.8 Å². The van der Waals surface area contributed by atoms with Gasteiger partial charge in [0.2, 0.25) is 0 Å². The predicted molar refractivity (Wildman–Crippen MR) is 264 cm³/mol. The maximum absolute atomic E-state index is 9.12. The molecule has 4 heterocycles. The molecule has 0 atom stereocenters. The lowest BCUT2D eigenvalue weighted by atomic mass is 9.88. The Morgan fingerprint density at radius 1 is 0.594 bits per heavy atom. The topological polar surface area (TPSA) is 46.7 Å². The highest BCUT2D eigenvalue weighted by Gasteiger charge is 2.32. The van der Waals surface area contributed by atoms with Crippen LogP contribution >= 0.6 is 0 Å². The van der Waals surface area contributed by atoms with Crippen LogP contribution in [0.1, 0.15) is 40.0 Å². The van der Waals surface area contributed by atoms with Crippen LogP contribution in [-0.2, 0) is 5.41 Å². The van der Waals surface area contributed by atoms with Crippen molar-refractivity contribution in [3.05, 3.63) is 206 Å². The van der Waals surface area contributed by atoms with E-state index < -0.39 is 60.4 Å². The molecule has 6 nitrogen and oxygen atoms in total. The summed E-state index contributed by atoms with van der Waals surface area (Å²) in [6.45, 7) is 6.60. The van der Waals surface area contributed by atoms with E-state index in [9.17, 15) is 0 Å². The number of anilines is 4. The van der Waals surface area contributed by atoms with Gasteiger partial charge in [0.1, 0.15) is 35.2 Å². The van der Waals surface area contributed by atoms with E-state index >= 15 is 0 Å². The van der Waals surface area contributed by atoms with Gasteiger partial charge in [-0.2, -0.15) is 0 Å². The lowest BCUT2D eigenvalue weighted by molar-refractivity contribution is 0.489. The van der Waals surface area contributed by atoms with E-state index in [0.717, 1.165) is 44.0 Å². The average Bonchev–Trinajstić information content (AvgIpc) is 4.08. The number of ether oxygens (including phenoxy) is 1. The number of nitrogens with zero attached hydrogens (tertiary/aromatic N) is 4. The Morgan fingerprint density at radius 3 is 1.98 bits per heavy atom. The fraction of sp³-hybridized carbons (Fsp3) is 0.0862. The third-order valence-corrected chi connectivity index (χ3v) is 12.0. The van der Waals surface area contributed by atoms with Crippen LogP contribution < -0.4 is 14.5 Å². The summed E-state index contributed by atoms with van der Waals surface area (Å²) in [6, 6.07) is 37.5. The third kappa shape index (κ3) is 6.21. The van der Waals surface area contributed by atoms with Crippen LogP contribution in [0.3, 0.4) is 0 Å². The Bertz CT molecular complexity index is 4040. The van der Waals surface area contributed by atoms with E-state index in [1.807, 2.05) is 101 Å². The van der Waals surface area contributed by atoms with E-state index in [0.29, 0.717) is 39.7 Å². The first-order valence-corrected chi connectivity index (χ1v) is 21.1. The Balaban J connectivity index is 1.05. The number of aromatic nitrogens is 2. The second-order valence-corrected chi connectivity index (χ2v) is 16.9. The number of hydrogen-bond acceptors (Lipinski definition) is 5. The monoisotopic (exact) mass is 838 g/mol. The smallest absolute Gasteiger partial charge is 0.141 e. The van der Waals surface area contributed by atoms with E-state index in [1.165, 1.54) is 0 Å². The van der Waals surface area contributed by atoms with Gasteiger partial charge >= 0.3 is 0 Å². The molecule has 0 N–H and O–H groups in total. The molecule has 3 aromatic heterocycles. The molecule has 64 heavy (non-hydrogen) atoms. The summed E-state index contributed by atoms with van der Waals surface area (Å²) in [4.78, 5) is 8.80. The zero-order valence-electron chi connectivity index (χ0n) is 45.1. The van der Waals surface area contributed by atoms with Crippen LogP contribution in [0.15, 0.2) is 204 Å². The van der Waals surface area contributed by atoms with Crippen LogP contribution in [0.5, 0.6) is 11.5 Å². The minimum Gasteiger partial charge on any atom is -0.456 e. The number of furan rings is 1. The van der Waals surface area contributed by atoms with Crippen LogP contribution in [0.4, 0.5) is 22.7 Å². The first-order chi connectivity index (χ1) is 35.5. The number of pyridine rings is 1. The molecule has 308 valence electrons. The molecular weight excluding hydrogens is 785 g/mol. The fourth-order valence-electron chi connectivity index (χ4n) is 9.07. The maximum Gasteiger partial charge on any atom is 0.141 e. The lowest BCUT2D eigenvalue weighted by Gasteiger charge is -2.27.